The lowest BCUT2D eigenvalue weighted by Crippen LogP contribution is -2.16. The fourth-order valence-electron chi connectivity index (χ4n) is 3.94. The zero-order chi connectivity index (χ0) is 32.1. The summed E-state index contributed by atoms with van der Waals surface area (Å²) in [5, 5.41) is 0. The van der Waals surface area contributed by atoms with Crippen LogP contribution in [0.15, 0.2) is 74.0 Å². The van der Waals surface area contributed by atoms with Crippen molar-refractivity contribution in [1.82, 2.24) is 0 Å². The minimum atomic E-state index is -1.46. The normalized spacial score (nSPS) is 15.3. The van der Waals surface area contributed by atoms with E-state index in [1.807, 2.05) is 94.1 Å². The van der Waals surface area contributed by atoms with Gasteiger partial charge in [0, 0.05) is 22.3 Å². The maximum absolute atomic E-state index is 3.53. The largest absolute Gasteiger partial charge is 0.129 e. The zero-order valence-corrected chi connectivity index (χ0v) is 35.4. The van der Waals surface area contributed by atoms with Gasteiger partial charge in [-0.3, -0.25) is 0 Å². The summed E-state index contributed by atoms with van der Waals surface area (Å²) in [7, 11) is -2.92. The number of benzene rings is 2. The van der Waals surface area contributed by atoms with Gasteiger partial charge in [-0.15, -0.1) is 58.1 Å². The van der Waals surface area contributed by atoms with Gasteiger partial charge in [0.05, 0.1) is 25.4 Å². The average molecular weight is 759 g/mol. The third-order valence-corrected chi connectivity index (χ3v) is 18.2. The molecule has 2 aliphatic rings. The van der Waals surface area contributed by atoms with E-state index in [0.29, 0.717) is 0 Å². The van der Waals surface area contributed by atoms with E-state index in [2.05, 4.69) is 136 Å². The van der Waals surface area contributed by atoms with Crippen LogP contribution < -0.4 is 0 Å². The van der Waals surface area contributed by atoms with Gasteiger partial charge in [0.15, 0.2) is 0 Å². The number of rotatable bonds is 7. The van der Waals surface area contributed by atoms with Gasteiger partial charge in [-0.2, -0.15) is 0 Å². The molecule has 0 fully saturated rings. The second-order valence-electron chi connectivity index (χ2n) is 11.9. The predicted octanol–water partition coefficient (Wildman–Crippen LogP) is 12.8. The van der Waals surface area contributed by atoms with Crippen LogP contribution in [0.25, 0.3) is 11.1 Å². The highest BCUT2D eigenvalue weighted by Gasteiger charge is 2.31. The van der Waals surface area contributed by atoms with Crippen LogP contribution in [-0.2, 0) is 0 Å². The van der Waals surface area contributed by atoms with E-state index in [4.69, 9.17) is 0 Å². The van der Waals surface area contributed by atoms with Crippen LogP contribution in [-0.4, -0.2) is 41.2 Å². The summed E-state index contributed by atoms with van der Waals surface area (Å²) in [4.78, 5) is 0. The smallest absolute Gasteiger partial charge is 0.127 e. The predicted molar refractivity (Wildman–Crippen MR) is 226 cm³/mol. The highest BCUT2D eigenvalue weighted by atomic mass is 32.3. The molecule has 2 heterocycles. The molecule has 0 N–H and O–H groups in total. The molecule has 0 radical (unpaired) electrons. The van der Waals surface area contributed by atoms with Crippen molar-refractivity contribution in [3.05, 3.63) is 96.2 Å². The molecule has 0 saturated heterocycles. The van der Waals surface area contributed by atoms with Crippen molar-refractivity contribution in [1.29, 1.82) is 0 Å². The van der Waals surface area contributed by atoms with Crippen LogP contribution in [0.2, 0.25) is 39.3 Å². The fraction of sp³-hybridized carbons (Fsp3) is 0.294. The standard InChI is InChI=1S/C34H38S8Si2/c1-35-31-32(36-2)40-29(39-31)27(25-15-11-23(12-16-25)19-21-43(5,6)7)28(30-41-33(37-3)34(38-4)42-30)26-17-13-24(14-18-26)20-22-44(8,9)10/h11-18H,1-10H3. The molecule has 0 amide bonds. The Morgan fingerprint density at radius 3 is 0.977 bits per heavy atom. The summed E-state index contributed by atoms with van der Waals surface area (Å²) < 4.78 is 8.21. The van der Waals surface area contributed by atoms with Crippen LogP contribution in [0.1, 0.15) is 22.3 Å². The lowest BCUT2D eigenvalue weighted by Gasteiger charge is -2.19. The van der Waals surface area contributed by atoms with Gasteiger partial charge in [0.2, 0.25) is 0 Å². The minimum Gasteiger partial charge on any atom is -0.127 e. The Morgan fingerprint density at radius 2 is 0.750 bits per heavy atom. The number of thioether (sulfide) groups is 8. The number of allylic oxidation sites excluding steroid dienone is 2. The highest BCUT2D eigenvalue weighted by Crippen LogP contribution is 2.63. The van der Waals surface area contributed by atoms with E-state index in [1.54, 1.807) is 0 Å². The van der Waals surface area contributed by atoms with E-state index in [0.717, 1.165) is 11.1 Å². The molecule has 0 aromatic heterocycles. The number of hydrogen-bond donors (Lipinski definition) is 0. The summed E-state index contributed by atoms with van der Waals surface area (Å²) in [5.41, 5.74) is 14.3. The summed E-state index contributed by atoms with van der Waals surface area (Å²) in [6.45, 7) is 13.8. The van der Waals surface area contributed by atoms with E-state index in [1.165, 1.54) is 47.7 Å². The van der Waals surface area contributed by atoms with E-state index in [9.17, 15) is 0 Å². The molecular formula is C34H38S8Si2. The maximum atomic E-state index is 3.53. The lowest BCUT2D eigenvalue weighted by atomic mass is 9.93. The second kappa shape index (κ2) is 16.2. The van der Waals surface area contributed by atoms with Gasteiger partial charge in [-0.1, -0.05) is 122 Å². The summed E-state index contributed by atoms with van der Waals surface area (Å²) >= 11 is 15.1. The molecular weight excluding hydrogens is 721 g/mol. The van der Waals surface area contributed by atoms with Crippen molar-refractivity contribution in [2.75, 3.05) is 25.0 Å². The molecule has 0 bridgehead atoms. The fourth-order valence-corrected chi connectivity index (χ4v) is 15.2. The minimum absolute atomic E-state index is 1.08. The molecule has 10 heteroatoms. The summed E-state index contributed by atoms with van der Waals surface area (Å²) in [5.74, 6) is 6.90. The molecule has 4 rings (SSSR count). The quantitative estimate of drug-likeness (QED) is 0.200. The van der Waals surface area contributed by atoms with Crippen LogP contribution in [0.4, 0.5) is 0 Å². The Hall–Kier alpha value is -0.246. The van der Waals surface area contributed by atoms with Crippen LogP contribution in [0, 0.1) is 22.9 Å². The lowest BCUT2D eigenvalue weighted by molar-refractivity contribution is 1.55. The van der Waals surface area contributed by atoms with E-state index < -0.39 is 16.1 Å². The molecule has 2 aromatic carbocycles. The Kier molecular flexibility index (Phi) is 13.5. The van der Waals surface area contributed by atoms with Crippen LogP contribution in [0.5, 0.6) is 0 Å². The molecule has 2 aromatic rings. The SMILES string of the molecule is CSC1=C(SC)SC(=C(C(=C2SC(SC)=C(SC)S2)c2ccc(C#C[Si](C)(C)C)cc2)c2ccc(C#C[Si](C)(C)C)cc2)S1. The molecule has 0 atom stereocenters. The molecule has 44 heavy (non-hydrogen) atoms. The molecule has 2 aliphatic heterocycles. The molecule has 0 unspecified atom stereocenters. The highest BCUT2D eigenvalue weighted by molar-refractivity contribution is 8.41. The Morgan fingerprint density at radius 1 is 0.477 bits per heavy atom. The summed E-state index contributed by atoms with van der Waals surface area (Å²) in [6.07, 6.45) is 8.76. The summed E-state index contributed by atoms with van der Waals surface area (Å²) in [6, 6.07) is 18.0. The third kappa shape index (κ3) is 9.89. The molecule has 0 spiro atoms. The van der Waals surface area contributed by atoms with Crippen molar-refractivity contribution in [3.8, 4) is 22.9 Å². The number of hydrogen-bond acceptors (Lipinski definition) is 8. The monoisotopic (exact) mass is 758 g/mol. The van der Waals surface area contributed by atoms with Gasteiger partial charge in [0.25, 0.3) is 0 Å². The zero-order valence-electron chi connectivity index (χ0n) is 26.9. The maximum Gasteiger partial charge on any atom is 0.129 e. The molecule has 0 aliphatic carbocycles. The van der Waals surface area contributed by atoms with Gasteiger partial charge < -0.3 is 0 Å². The van der Waals surface area contributed by atoms with E-state index >= 15 is 0 Å². The van der Waals surface area contributed by atoms with Crippen molar-refractivity contribution in [2.24, 2.45) is 0 Å². The first-order valence-corrected chi connectivity index (χ1v) is 29.1. The van der Waals surface area contributed by atoms with Gasteiger partial charge in [-0.25, -0.2) is 0 Å². The first-order chi connectivity index (χ1) is 20.9. The topological polar surface area (TPSA) is 0 Å². The Balaban J connectivity index is 1.94. The van der Waals surface area contributed by atoms with Crippen LogP contribution >= 0.6 is 94.1 Å². The van der Waals surface area contributed by atoms with Gasteiger partial charge in [0.1, 0.15) is 16.1 Å². The van der Waals surface area contributed by atoms with Crippen molar-refractivity contribution in [3.63, 3.8) is 0 Å². The second-order valence-corrected chi connectivity index (χ2v) is 30.3. The molecule has 230 valence electrons. The van der Waals surface area contributed by atoms with Gasteiger partial charge >= 0.3 is 0 Å². The van der Waals surface area contributed by atoms with E-state index in [-0.39, 0.29) is 0 Å². The first kappa shape index (κ1) is 36.6. The van der Waals surface area contributed by atoms with Crippen molar-refractivity contribution < 1.29 is 0 Å². The Bertz CT molecular complexity index is 1480. The molecule has 0 nitrogen and oxygen atoms in total. The van der Waals surface area contributed by atoms with Crippen molar-refractivity contribution >= 4 is 121 Å². The van der Waals surface area contributed by atoms with Crippen LogP contribution in [0.3, 0.4) is 0 Å². The Labute approximate surface area is 301 Å². The van der Waals surface area contributed by atoms with Crippen molar-refractivity contribution in [2.45, 2.75) is 39.3 Å². The van der Waals surface area contributed by atoms with Gasteiger partial charge in [-0.05, 0) is 60.4 Å². The third-order valence-electron chi connectivity index (χ3n) is 5.99. The first-order valence-electron chi connectivity index (χ1n) is 14.0. The average Bonchev–Trinajstić information content (AvgIpc) is 3.61. The molecule has 0 saturated carbocycles.